The van der Waals surface area contributed by atoms with Gasteiger partial charge >= 0.3 is 0 Å². The zero-order chi connectivity index (χ0) is 20.3. The maximum atomic E-state index is 13.2. The normalized spacial score (nSPS) is 29.7. The van der Waals surface area contributed by atoms with E-state index in [1.165, 1.54) is 5.56 Å². The highest BCUT2D eigenvalue weighted by Gasteiger charge is 2.67. The molecule has 3 aliphatic rings. The largest absolute Gasteiger partial charge is 0.360 e. The van der Waals surface area contributed by atoms with Crippen molar-refractivity contribution >= 4 is 23.3 Å². The number of hydrogen-bond acceptors (Lipinski definition) is 5. The van der Waals surface area contributed by atoms with Gasteiger partial charge in [0.15, 0.2) is 5.82 Å². The maximum Gasteiger partial charge on any atom is 0.235 e. The van der Waals surface area contributed by atoms with Gasteiger partial charge in [-0.05, 0) is 30.5 Å². The Labute approximate surface area is 168 Å². The fourth-order valence-electron chi connectivity index (χ4n) is 4.65. The van der Waals surface area contributed by atoms with Crippen LogP contribution in [-0.2, 0) is 14.3 Å². The number of amides is 2. The summed E-state index contributed by atoms with van der Waals surface area (Å²) in [5, 5.41) is 6.93. The van der Waals surface area contributed by atoms with Crippen LogP contribution in [0, 0.1) is 18.8 Å². The van der Waals surface area contributed by atoms with Gasteiger partial charge in [-0.2, -0.15) is 0 Å². The first-order valence-corrected chi connectivity index (χ1v) is 9.91. The van der Waals surface area contributed by atoms with E-state index in [9.17, 15) is 9.59 Å². The molecule has 1 aromatic heterocycles. The Morgan fingerprint density at radius 3 is 2.72 bits per heavy atom. The van der Waals surface area contributed by atoms with Crippen molar-refractivity contribution in [1.29, 1.82) is 0 Å². The smallest absolute Gasteiger partial charge is 0.235 e. The van der Waals surface area contributed by atoms with E-state index in [2.05, 4.69) is 24.3 Å². The van der Waals surface area contributed by atoms with E-state index >= 15 is 0 Å². The quantitative estimate of drug-likeness (QED) is 0.807. The molecule has 5 rings (SSSR count). The summed E-state index contributed by atoms with van der Waals surface area (Å²) in [5.74, 6) is 0.0172. The predicted octanol–water partition coefficient (Wildman–Crippen LogP) is 3.03. The molecule has 150 valence electrons. The zero-order valence-corrected chi connectivity index (χ0v) is 16.6. The number of hydrogen-bond donors (Lipinski definition) is 1. The average Bonchev–Trinajstić information content (AvgIpc) is 3.43. The van der Waals surface area contributed by atoms with Crippen LogP contribution in [0.25, 0.3) is 0 Å². The third-order valence-corrected chi connectivity index (χ3v) is 6.14. The number of carbonyl (C=O) groups excluding carboxylic acids is 2. The molecule has 3 aliphatic heterocycles. The van der Waals surface area contributed by atoms with Gasteiger partial charge in [0.25, 0.3) is 0 Å². The number of carbonyl (C=O) groups is 2. The molecule has 0 aliphatic carbocycles. The van der Waals surface area contributed by atoms with Crippen LogP contribution in [0.5, 0.6) is 0 Å². The van der Waals surface area contributed by atoms with Crippen molar-refractivity contribution in [1.82, 2.24) is 5.16 Å². The summed E-state index contributed by atoms with van der Waals surface area (Å²) < 4.78 is 11.3. The molecule has 2 amide bonds. The van der Waals surface area contributed by atoms with E-state index in [1.807, 2.05) is 36.4 Å². The maximum absolute atomic E-state index is 13.2. The first kappa shape index (κ1) is 18.1. The SMILES string of the molecule is Cc1cc(N2C[C@@]34C=C[C@@H](O3)[C@H](C(=O)Nc3ccc(C(C)C)cc3)[C@H]4C2=O)no1. The van der Waals surface area contributed by atoms with Gasteiger partial charge in [0, 0.05) is 11.8 Å². The molecule has 2 saturated heterocycles. The molecule has 2 bridgehead atoms. The van der Waals surface area contributed by atoms with Gasteiger partial charge in [0.05, 0.1) is 24.5 Å². The molecule has 7 heteroatoms. The third kappa shape index (κ3) is 2.72. The second-order valence-corrected chi connectivity index (χ2v) is 8.39. The van der Waals surface area contributed by atoms with Crippen molar-refractivity contribution in [3.8, 4) is 0 Å². The lowest BCUT2D eigenvalue weighted by Crippen LogP contribution is -2.41. The predicted molar refractivity (Wildman–Crippen MR) is 106 cm³/mol. The van der Waals surface area contributed by atoms with E-state index in [0.29, 0.717) is 24.0 Å². The monoisotopic (exact) mass is 393 g/mol. The van der Waals surface area contributed by atoms with E-state index in [-0.39, 0.29) is 17.9 Å². The number of rotatable bonds is 4. The van der Waals surface area contributed by atoms with Crippen LogP contribution < -0.4 is 10.2 Å². The Balaban J connectivity index is 1.39. The number of nitrogens with zero attached hydrogens (tertiary/aromatic N) is 2. The van der Waals surface area contributed by atoms with Crippen molar-refractivity contribution in [3.63, 3.8) is 0 Å². The summed E-state index contributed by atoms with van der Waals surface area (Å²) in [4.78, 5) is 27.9. The minimum atomic E-state index is -0.780. The molecule has 2 fully saturated rings. The number of aryl methyl sites for hydroxylation is 1. The minimum Gasteiger partial charge on any atom is -0.360 e. The lowest BCUT2D eigenvalue weighted by molar-refractivity contribution is -0.128. The molecule has 4 atom stereocenters. The van der Waals surface area contributed by atoms with Gasteiger partial charge in [0.1, 0.15) is 11.4 Å². The van der Waals surface area contributed by atoms with Crippen LogP contribution >= 0.6 is 0 Å². The summed E-state index contributed by atoms with van der Waals surface area (Å²) in [6.07, 6.45) is 3.43. The molecule has 4 heterocycles. The summed E-state index contributed by atoms with van der Waals surface area (Å²) in [6.45, 7) is 6.36. The fraction of sp³-hybridized carbons (Fsp3) is 0.409. The second-order valence-electron chi connectivity index (χ2n) is 8.39. The molecule has 2 aromatic rings. The number of ether oxygens (including phenoxy) is 1. The van der Waals surface area contributed by atoms with Gasteiger partial charge in [-0.15, -0.1) is 0 Å². The zero-order valence-electron chi connectivity index (χ0n) is 16.6. The van der Waals surface area contributed by atoms with Crippen LogP contribution in [0.15, 0.2) is 47.0 Å². The third-order valence-electron chi connectivity index (χ3n) is 6.14. The Morgan fingerprint density at radius 1 is 1.31 bits per heavy atom. The van der Waals surface area contributed by atoms with Gasteiger partial charge < -0.3 is 14.6 Å². The van der Waals surface area contributed by atoms with Crippen molar-refractivity contribution in [2.45, 2.75) is 38.4 Å². The van der Waals surface area contributed by atoms with Gasteiger partial charge in [-0.25, -0.2) is 0 Å². The lowest BCUT2D eigenvalue weighted by Gasteiger charge is -2.23. The van der Waals surface area contributed by atoms with Crippen molar-refractivity contribution in [2.75, 3.05) is 16.8 Å². The van der Waals surface area contributed by atoms with Crippen molar-refractivity contribution in [3.05, 3.63) is 53.8 Å². The van der Waals surface area contributed by atoms with Crippen LogP contribution in [0.4, 0.5) is 11.5 Å². The Bertz CT molecular complexity index is 1010. The topological polar surface area (TPSA) is 84.7 Å². The minimum absolute atomic E-state index is 0.152. The second kappa shape index (κ2) is 6.29. The van der Waals surface area contributed by atoms with Crippen LogP contribution in [0.2, 0.25) is 0 Å². The lowest BCUT2D eigenvalue weighted by atomic mass is 9.76. The molecule has 0 unspecified atom stereocenters. The highest BCUT2D eigenvalue weighted by atomic mass is 16.5. The van der Waals surface area contributed by atoms with Crippen LogP contribution in [0.1, 0.15) is 31.1 Å². The Morgan fingerprint density at radius 2 is 2.07 bits per heavy atom. The molecular weight excluding hydrogens is 370 g/mol. The first-order valence-electron chi connectivity index (χ1n) is 9.91. The number of aromatic nitrogens is 1. The van der Waals surface area contributed by atoms with Gasteiger partial charge in [0.2, 0.25) is 11.8 Å². The summed E-state index contributed by atoms with van der Waals surface area (Å²) in [7, 11) is 0. The number of benzene rings is 1. The summed E-state index contributed by atoms with van der Waals surface area (Å²) in [6, 6.07) is 9.53. The van der Waals surface area contributed by atoms with E-state index in [0.717, 1.165) is 5.69 Å². The molecule has 29 heavy (non-hydrogen) atoms. The highest BCUT2D eigenvalue weighted by Crippen LogP contribution is 2.52. The van der Waals surface area contributed by atoms with Crippen molar-refractivity contribution in [2.24, 2.45) is 11.8 Å². The van der Waals surface area contributed by atoms with E-state index in [1.54, 1.807) is 17.9 Å². The Hall–Kier alpha value is -2.93. The highest BCUT2D eigenvalue weighted by molar-refractivity contribution is 6.05. The molecule has 7 nitrogen and oxygen atoms in total. The van der Waals surface area contributed by atoms with E-state index in [4.69, 9.17) is 9.26 Å². The van der Waals surface area contributed by atoms with E-state index < -0.39 is 17.4 Å². The number of fused-ring (bicyclic) bond motifs is 1. The van der Waals surface area contributed by atoms with Crippen LogP contribution in [-0.4, -0.2) is 35.2 Å². The number of anilines is 2. The Kier molecular flexibility index (Phi) is 3.93. The van der Waals surface area contributed by atoms with Gasteiger partial charge in [-0.1, -0.05) is 43.3 Å². The molecule has 1 aromatic carbocycles. The number of nitrogens with one attached hydrogen (secondary N) is 1. The average molecular weight is 393 g/mol. The van der Waals surface area contributed by atoms with Gasteiger partial charge in [-0.3, -0.25) is 14.5 Å². The molecule has 0 saturated carbocycles. The summed E-state index contributed by atoms with van der Waals surface area (Å²) in [5.41, 5.74) is 1.14. The van der Waals surface area contributed by atoms with Crippen LogP contribution in [0.3, 0.4) is 0 Å². The summed E-state index contributed by atoms with van der Waals surface area (Å²) >= 11 is 0. The standard InChI is InChI=1S/C22H23N3O4/c1-12(2)14-4-6-15(7-5-14)23-20(26)18-16-8-9-22(28-16)11-25(21(27)19(18)22)17-10-13(3)29-24-17/h4-10,12,16,18-19H,11H2,1-3H3,(H,23,26)/t16-,18+,19+,22-/m1/s1. The first-order chi connectivity index (χ1) is 13.9. The molecule has 1 spiro atoms. The fourth-order valence-corrected chi connectivity index (χ4v) is 4.65. The van der Waals surface area contributed by atoms with Crippen molar-refractivity contribution < 1.29 is 18.8 Å². The molecule has 0 radical (unpaired) electrons. The molecule has 1 N–H and O–H groups in total. The molecular formula is C22H23N3O4.